The highest BCUT2D eigenvalue weighted by Crippen LogP contribution is 2.38. The van der Waals surface area contributed by atoms with Gasteiger partial charge in [-0.15, -0.1) is 11.3 Å². The Kier molecular flexibility index (Phi) is 5.54. The summed E-state index contributed by atoms with van der Waals surface area (Å²) < 4.78 is 1.31. The van der Waals surface area contributed by atoms with E-state index in [0.29, 0.717) is 5.92 Å². The second-order valence-electron chi connectivity index (χ2n) is 10.3. The lowest BCUT2D eigenvalue weighted by Gasteiger charge is -2.22. The van der Waals surface area contributed by atoms with Gasteiger partial charge in [0.05, 0.1) is 5.69 Å². The molecule has 0 N–H and O–H groups in total. The van der Waals surface area contributed by atoms with Gasteiger partial charge < -0.3 is 0 Å². The molecule has 3 heteroatoms. The van der Waals surface area contributed by atoms with E-state index in [9.17, 15) is 0 Å². The zero-order valence-corrected chi connectivity index (χ0v) is 20.8. The molecule has 0 spiro atoms. The van der Waals surface area contributed by atoms with Crippen LogP contribution in [0.2, 0.25) is 0 Å². The molecule has 2 aromatic carbocycles. The van der Waals surface area contributed by atoms with E-state index in [1.807, 2.05) is 29.9 Å². The van der Waals surface area contributed by atoms with Crippen molar-refractivity contribution >= 4 is 32.2 Å². The highest BCUT2D eigenvalue weighted by molar-refractivity contribution is 7.18. The van der Waals surface area contributed by atoms with Crippen LogP contribution in [0.4, 0.5) is 0 Å². The van der Waals surface area contributed by atoms with Crippen molar-refractivity contribution in [1.29, 1.82) is 0 Å². The van der Waals surface area contributed by atoms with Gasteiger partial charge in [-0.1, -0.05) is 58.9 Å². The molecule has 5 aromatic rings. The van der Waals surface area contributed by atoms with Crippen LogP contribution >= 0.6 is 11.3 Å². The first-order valence-electron chi connectivity index (χ1n) is 11.7. The second kappa shape index (κ2) is 8.39. The number of aromatic nitrogens is 2. The quantitative estimate of drug-likeness (QED) is 0.274. The Morgan fingerprint density at radius 3 is 2.52 bits per heavy atom. The van der Waals surface area contributed by atoms with E-state index in [2.05, 4.69) is 93.5 Å². The van der Waals surface area contributed by atoms with Crippen LogP contribution in [0.5, 0.6) is 0 Å². The summed E-state index contributed by atoms with van der Waals surface area (Å²) in [6.45, 7) is 11.4. The molecule has 0 aliphatic heterocycles. The highest BCUT2D eigenvalue weighted by atomic mass is 32.1. The number of pyridine rings is 2. The van der Waals surface area contributed by atoms with E-state index in [1.54, 1.807) is 0 Å². The topological polar surface area (TPSA) is 25.8 Å². The second-order valence-corrected chi connectivity index (χ2v) is 11.2. The molecular formula is C30H30N2S. The highest BCUT2D eigenvalue weighted by Gasteiger charge is 2.19. The van der Waals surface area contributed by atoms with Crippen molar-refractivity contribution in [1.82, 2.24) is 9.97 Å². The lowest BCUT2D eigenvalue weighted by Crippen LogP contribution is -2.12. The molecule has 0 aliphatic rings. The minimum atomic E-state index is 0.0481. The van der Waals surface area contributed by atoms with Crippen molar-refractivity contribution in [3.05, 3.63) is 83.6 Å². The Morgan fingerprint density at radius 1 is 0.909 bits per heavy atom. The number of thiophene rings is 1. The normalized spacial score (nSPS) is 12.2. The third-order valence-electron chi connectivity index (χ3n) is 6.23. The van der Waals surface area contributed by atoms with Crippen LogP contribution in [0.1, 0.15) is 45.7 Å². The maximum atomic E-state index is 4.77. The fraction of sp³-hybridized carbons (Fsp3) is 0.267. The van der Waals surface area contributed by atoms with Crippen LogP contribution in [0, 0.1) is 5.92 Å². The van der Waals surface area contributed by atoms with E-state index in [4.69, 9.17) is 4.98 Å². The molecule has 3 heterocycles. The lowest BCUT2D eigenvalue weighted by atomic mass is 9.82. The Morgan fingerprint density at radius 2 is 1.73 bits per heavy atom. The third-order valence-corrected chi connectivity index (χ3v) is 7.30. The molecule has 0 amide bonds. The molecule has 33 heavy (non-hydrogen) atoms. The molecule has 0 fully saturated rings. The van der Waals surface area contributed by atoms with Crippen molar-refractivity contribution in [2.75, 3.05) is 0 Å². The summed E-state index contributed by atoms with van der Waals surface area (Å²) in [5.74, 6) is 0.629. The molecule has 0 saturated heterocycles. The Labute approximate surface area is 200 Å². The lowest BCUT2D eigenvalue weighted by molar-refractivity contribution is 0.596. The van der Waals surface area contributed by atoms with Gasteiger partial charge in [0.25, 0.3) is 0 Å². The van der Waals surface area contributed by atoms with E-state index >= 15 is 0 Å². The minimum absolute atomic E-state index is 0.0481. The van der Waals surface area contributed by atoms with E-state index < -0.39 is 0 Å². The summed E-state index contributed by atoms with van der Waals surface area (Å²) in [4.78, 5) is 9.38. The van der Waals surface area contributed by atoms with Gasteiger partial charge >= 0.3 is 0 Å². The average Bonchev–Trinajstić information content (AvgIpc) is 3.20. The van der Waals surface area contributed by atoms with Crippen molar-refractivity contribution in [2.45, 2.75) is 46.5 Å². The Balaban J connectivity index is 1.64. The number of nitrogens with zero attached hydrogens (tertiary/aromatic N) is 2. The monoisotopic (exact) mass is 450 g/mol. The van der Waals surface area contributed by atoms with Gasteiger partial charge in [0.2, 0.25) is 0 Å². The smallest absolute Gasteiger partial charge is 0.0708 e. The molecule has 2 nitrogen and oxygen atoms in total. The van der Waals surface area contributed by atoms with Gasteiger partial charge in [-0.2, -0.15) is 0 Å². The molecule has 0 unspecified atom stereocenters. The van der Waals surface area contributed by atoms with Crippen LogP contribution in [-0.2, 0) is 11.8 Å². The summed E-state index contributed by atoms with van der Waals surface area (Å²) in [6.07, 6.45) is 7.03. The van der Waals surface area contributed by atoms with Crippen LogP contribution in [0.15, 0.2) is 72.5 Å². The zero-order valence-electron chi connectivity index (χ0n) is 20.0. The Hall–Kier alpha value is -3.04. The molecule has 0 atom stereocenters. The average molecular weight is 451 g/mol. The van der Waals surface area contributed by atoms with Crippen LogP contribution in [0.3, 0.4) is 0 Å². The van der Waals surface area contributed by atoms with Crippen molar-refractivity contribution in [3.63, 3.8) is 0 Å². The van der Waals surface area contributed by atoms with Crippen molar-refractivity contribution in [2.24, 2.45) is 5.92 Å². The van der Waals surface area contributed by atoms with Gasteiger partial charge in [-0.05, 0) is 74.9 Å². The van der Waals surface area contributed by atoms with E-state index in [0.717, 1.165) is 17.7 Å². The van der Waals surface area contributed by atoms with Gasteiger partial charge in [0.15, 0.2) is 0 Å². The summed E-state index contributed by atoms with van der Waals surface area (Å²) in [7, 11) is 0. The first-order valence-corrected chi connectivity index (χ1v) is 12.5. The molecule has 5 rings (SSSR count). The van der Waals surface area contributed by atoms with E-state index in [-0.39, 0.29) is 5.41 Å². The van der Waals surface area contributed by atoms with E-state index in [1.165, 1.54) is 43.1 Å². The number of hydrogen-bond donors (Lipinski definition) is 0. The molecule has 0 aliphatic carbocycles. The largest absolute Gasteiger partial charge is 0.263 e. The first kappa shape index (κ1) is 21.8. The minimum Gasteiger partial charge on any atom is -0.263 e. The maximum Gasteiger partial charge on any atom is 0.0708 e. The van der Waals surface area contributed by atoms with Gasteiger partial charge in [-0.25, -0.2) is 0 Å². The molecule has 0 radical (unpaired) electrons. The molecule has 0 bridgehead atoms. The SMILES string of the molecule is CC(C)Cc1csc2c(-c3ccnc(-c4cc(C(C)(C)C)c5ccccc5c4)c3)cncc12. The van der Waals surface area contributed by atoms with Crippen LogP contribution < -0.4 is 0 Å². The fourth-order valence-corrected chi connectivity index (χ4v) is 5.73. The summed E-state index contributed by atoms with van der Waals surface area (Å²) in [5, 5.41) is 6.16. The van der Waals surface area contributed by atoms with Crippen molar-refractivity contribution in [3.8, 4) is 22.4 Å². The van der Waals surface area contributed by atoms with Crippen molar-refractivity contribution < 1.29 is 0 Å². The van der Waals surface area contributed by atoms with Crippen LogP contribution in [0.25, 0.3) is 43.2 Å². The number of rotatable bonds is 4. The number of hydrogen-bond acceptors (Lipinski definition) is 3. The Bertz CT molecular complexity index is 1450. The molecule has 166 valence electrons. The predicted molar refractivity (Wildman–Crippen MR) is 143 cm³/mol. The molecule has 3 aromatic heterocycles. The third kappa shape index (κ3) is 4.18. The maximum absolute atomic E-state index is 4.77. The fourth-order valence-electron chi connectivity index (χ4n) is 4.64. The number of benzene rings is 2. The number of fused-ring (bicyclic) bond motifs is 2. The predicted octanol–water partition coefficient (Wildman–Crippen LogP) is 8.67. The van der Waals surface area contributed by atoms with Gasteiger partial charge in [0.1, 0.15) is 0 Å². The summed E-state index contributed by atoms with van der Waals surface area (Å²) in [5.41, 5.74) is 7.31. The first-order chi connectivity index (χ1) is 15.8. The van der Waals surface area contributed by atoms with Crippen LogP contribution in [-0.4, -0.2) is 9.97 Å². The molecule has 0 saturated carbocycles. The zero-order chi connectivity index (χ0) is 23.2. The summed E-state index contributed by atoms with van der Waals surface area (Å²) >= 11 is 1.83. The van der Waals surface area contributed by atoms with Gasteiger partial charge in [-0.3, -0.25) is 9.97 Å². The standard InChI is InChI=1S/C30H30N2S/c1-19(2)12-23-18-33-29-25(16-31-17-26(23)29)21-10-11-32-28(15-21)22-13-20-8-6-7-9-24(20)27(14-22)30(3,4)5/h6-11,13-19H,12H2,1-5H3. The van der Waals surface area contributed by atoms with Gasteiger partial charge in [0, 0.05) is 39.8 Å². The molecular weight excluding hydrogens is 420 g/mol. The summed E-state index contributed by atoms with van der Waals surface area (Å²) in [6, 6.07) is 17.6.